The van der Waals surface area contributed by atoms with E-state index in [0.29, 0.717) is 5.92 Å². The van der Waals surface area contributed by atoms with Gasteiger partial charge in [0, 0.05) is 5.92 Å². The van der Waals surface area contributed by atoms with Crippen molar-refractivity contribution in [1.29, 1.82) is 0 Å². The SMILES string of the molecule is CCCCc1cc2c(cc1C)CC(c1ccc(C)cc1)[C@@]2(C)I. The molecule has 1 aliphatic rings. The molecule has 1 aliphatic carbocycles. The Hall–Kier alpha value is -0.830. The molecule has 1 unspecified atom stereocenters. The molecule has 0 saturated carbocycles. The van der Waals surface area contributed by atoms with E-state index in [-0.39, 0.29) is 3.42 Å². The molecule has 0 heterocycles. The van der Waals surface area contributed by atoms with Crippen molar-refractivity contribution in [3.05, 3.63) is 69.8 Å². The first-order chi connectivity index (χ1) is 10.9. The quantitative estimate of drug-likeness (QED) is 0.386. The van der Waals surface area contributed by atoms with E-state index in [2.05, 4.69) is 86.7 Å². The summed E-state index contributed by atoms with van der Waals surface area (Å²) in [5.41, 5.74) is 8.99. The second kappa shape index (κ2) is 6.58. The van der Waals surface area contributed by atoms with E-state index in [0.717, 1.165) is 0 Å². The fourth-order valence-corrected chi connectivity index (χ4v) is 4.98. The van der Waals surface area contributed by atoms with Crippen LogP contribution in [-0.2, 0) is 16.3 Å². The minimum atomic E-state index is 0.191. The van der Waals surface area contributed by atoms with Crippen LogP contribution in [0.25, 0.3) is 0 Å². The monoisotopic (exact) mass is 418 g/mol. The van der Waals surface area contributed by atoms with Crippen LogP contribution in [0.2, 0.25) is 0 Å². The number of aryl methyl sites for hydroxylation is 3. The highest BCUT2D eigenvalue weighted by atomic mass is 127. The number of unbranched alkanes of at least 4 members (excludes halogenated alkanes) is 1. The third-order valence-corrected chi connectivity index (χ3v) is 6.78. The van der Waals surface area contributed by atoms with Crippen molar-refractivity contribution in [1.82, 2.24) is 0 Å². The molecule has 2 atom stereocenters. The second-order valence-corrected chi connectivity index (χ2v) is 9.52. The van der Waals surface area contributed by atoms with E-state index in [1.807, 2.05) is 0 Å². The molecule has 0 saturated heterocycles. The Kier molecular flexibility index (Phi) is 4.87. The van der Waals surface area contributed by atoms with Gasteiger partial charge in [0.1, 0.15) is 0 Å². The maximum Gasteiger partial charge on any atom is 0.0516 e. The van der Waals surface area contributed by atoms with Crippen LogP contribution in [0.15, 0.2) is 36.4 Å². The average Bonchev–Trinajstić information content (AvgIpc) is 2.76. The molecule has 122 valence electrons. The predicted octanol–water partition coefficient (Wildman–Crippen LogP) is 6.64. The molecule has 3 rings (SSSR count). The van der Waals surface area contributed by atoms with Crippen molar-refractivity contribution < 1.29 is 0 Å². The third kappa shape index (κ3) is 3.22. The molecule has 0 fully saturated rings. The van der Waals surface area contributed by atoms with Crippen LogP contribution < -0.4 is 0 Å². The van der Waals surface area contributed by atoms with Gasteiger partial charge in [-0.2, -0.15) is 0 Å². The molecular weight excluding hydrogens is 391 g/mol. The standard InChI is InChI=1S/C22H27I/c1-5-6-7-18-13-21-19(12-16(18)3)14-20(22(21,4)23)17-10-8-15(2)9-11-17/h8-13,20H,5-7,14H2,1-4H3/t20?,22-/m1/s1. The summed E-state index contributed by atoms with van der Waals surface area (Å²) < 4.78 is 0.191. The Balaban J connectivity index is 1.98. The Labute approximate surface area is 154 Å². The van der Waals surface area contributed by atoms with Crippen LogP contribution in [-0.4, -0.2) is 0 Å². The van der Waals surface area contributed by atoms with Gasteiger partial charge < -0.3 is 0 Å². The molecule has 0 aliphatic heterocycles. The molecule has 0 spiro atoms. The Bertz CT molecular complexity index is 695. The minimum Gasteiger partial charge on any atom is -0.0733 e. The van der Waals surface area contributed by atoms with Gasteiger partial charge in [-0.3, -0.25) is 0 Å². The van der Waals surface area contributed by atoms with Crippen LogP contribution in [0, 0.1) is 13.8 Å². The molecule has 23 heavy (non-hydrogen) atoms. The minimum absolute atomic E-state index is 0.191. The Morgan fingerprint density at radius 1 is 1.13 bits per heavy atom. The van der Waals surface area contributed by atoms with Crippen molar-refractivity contribution in [3.8, 4) is 0 Å². The van der Waals surface area contributed by atoms with Crippen LogP contribution in [0.5, 0.6) is 0 Å². The zero-order valence-corrected chi connectivity index (χ0v) is 16.9. The van der Waals surface area contributed by atoms with Crippen LogP contribution in [0.3, 0.4) is 0 Å². The molecule has 0 radical (unpaired) electrons. The van der Waals surface area contributed by atoms with Crippen molar-refractivity contribution in [2.45, 2.75) is 62.7 Å². The predicted molar refractivity (Wildman–Crippen MR) is 109 cm³/mol. The number of halogens is 1. The zero-order chi connectivity index (χ0) is 16.6. The molecule has 0 amide bonds. The molecule has 2 aromatic rings. The highest BCUT2D eigenvalue weighted by molar-refractivity contribution is 14.1. The molecule has 1 heteroatoms. The van der Waals surface area contributed by atoms with Crippen LogP contribution in [0.4, 0.5) is 0 Å². The normalized spacial score (nSPS) is 23.1. The first-order valence-electron chi connectivity index (χ1n) is 8.81. The Morgan fingerprint density at radius 3 is 2.48 bits per heavy atom. The summed E-state index contributed by atoms with van der Waals surface area (Å²) in [5, 5.41) is 0. The van der Waals surface area contributed by atoms with E-state index in [1.165, 1.54) is 42.4 Å². The topological polar surface area (TPSA) is 0 Å². The summed E-state index contributed by atoms with van der Waals surface area (Å²) in [5.74, 6) is 0.583. The average molecular weight is 418 g/mol. The number of alkyl halides is 1. The van der Waals surface area contributed by atoms with Gasteiger partial charge in [-0.05, 0) is 67.9 Å². The summed E-state index contributed by atoms with van der Waals surface area (Å²) in [6.45, 7) is 9.15. The molecular formula is C22H27I. The van der Waals surface area contributed by atoms with Gasteiger partial charge in [0.25, 0.3) is 0 Å². The van der Waals surface area contributed by atoms with Gasteiger partial charge >= 0.3 is 0 Å². The first kappa shape index (κ1) is 17.0. The molecule has 0 nitrogen and oxygen atoms in total. The highest BCUT2D eigenvalue weighted by Crippen LogP contribution is 2.53. The molecule has 0 bridgehead atoms. The van der Waals surface area contributed by atoms with Crippen molar-refractivity contribution in [2.24, 2.45) is 0 Å². The molecule has 2 aromatic carbocycles. The lowest BCUT2D eigenvalue weighted by Crippen LogP contribution is -2.18. The van der Waals surface area contributed by atoms with Crippen LogP contribution in [0.1, 0.15) is 66.0 Å². The van der Waals surface area contributed by atoms with E-state index in [1.54, 1.807) is 16.7 Å². The number of hydrogen-bond acceptors (Lipinski definition) is 0. The fourth-order valence-electron chi connectivity index (χ4n) is 3.90. The second-order valence-electron chi connectivity index (χ2n) is 7.28. The zero-order valence-electron chi connectivity index (χ0n) is 14.7. The van der Waals surface area contributed by atoms with Crippen molar-refractivity contribution >= 4 is 22.6 Å². The highest BCUT2D eigenvalue weighted by Gasteiger charge is 2.42. The number of fused-ring (bicyclic) bond motifs is 1. The van der Waals surface area contributed by atoms with Crippen LogP contribution >= 0.6 is 22.6 Å². The summed E-state index contributed by atoms with van der Waals surface area (Å²) in [4.78, 5) is 0. The lowest BCUT2D eigenvalue weighted by molar-refractivity contribution is 0.601. The number of hydrogen-bond donors (Lipinski definition) is 0. The lowest BCUT2D eigenvalue weighted by Gasteiger charge is -2.27. The van der Waals surface area contributed by atoms with Gasteiger partial charge in [0.15, 0.2) is 0 Å². The van der Waals surface area contributed by atoms with Crippen molar-refractivity contribution in [2.75, 3.05) is 0 Å². The third-order valence-electron chi connectivity index (χ3n) is 5.45. The maximum absolute atomic E-state index is 2.70. The Morgan fingerprint density at radius 2 is 1.83 bits per heavy atom. The van der Waals surface area contributed by atoms with Gasteiger partial charge in [-0.1, -0.05) is 77.9 Å². The largest absolute Gasteiger partial charge is 0.0733 e. The maximum atomic E-state index is 2.70. The summed E-state index contributed by atoms with van der Waals surface area (Å²) in [6.07, 6.45) is 4.95. The number of benzene rings is 2. The fraction of sp³-hybridized carbons (Fsp3) is 0.455. The summed E-state index contributed by atoms with van der Waals surface area (Å²) in [7, 11) is 0. The summed E-state index contributed by atoms with van der Waals surface area (Å²) >= 11 is 2.70. The lowest BCUT2D eigenvalue weighted by atomic mass is 9.87. The van der Waals surface area contributed by atoms with E-state index in [9.17, 15) is 0 Å². The number of rotatable bonds is 4. The van der Waals surface area contributed by atoms with E-state index < -0.39 is 0 Å². The first-order valence-corrected chi connectivity index (χ1v) is 9.89. The smallest absolute Gasteiger partial charge is 0.0516 e. The van der Waals surface area contributed by atoms with E-state index in [4.69, 9.17) is 0 Å². The van der Waals surface area contributed by atoms with Crippen molar-refractivity contribution in [3.63, 3.8) is 0 Å². The van der Waals surface area contributed by atoms with Gasteiger partial charge in [0.2, 0.25) is 0 Å². The summed E-state index contributed by atoms with van der Waals surface area (Å²) in [6, 6.07) is 14.1. The molecule has 0 aromatic heterocycles. The van der Waals surface area contributed by atoms with Gasteiger partial charge in [-0.25, -0.2) is 0 Å². The molecule has 0 N–H and O–H groups in total. The van der Waals surface area contributed by atoms with Gasteiger partial charge in [0.05, 0.1) is 3.42 Å². The van der Waals surface area contributed by atoms with E-state index >= 15 is 0 Å². The van der Waals surface area contributed by atoms with Gasteiger partial charge in [-0.15, -0.1) is 0 Å².